The lowest BCUT2D eigenvalue weighted by Crippen LogP contribution is -2.38. The van der Waals surface area contributed by atoms with Crippen LogP contribution in [0.1, 0.15) is 30.1 Å². The van der Waals surface area contributed by atoms with Crippen molar-refractivity contribution in [3.63, 3.8) is 0 Å². The number of aromatic nitrogens is 4. The van der Waals surface area contributed by atoms with Crippen molar-refractivity contribution in [2.75, 3.05) is 13.1 Å². The molecule has 0 amide bonds. The van der Waals surface area contributed by atoms with Crippen LogP contribution in [-0.2, 0) is 22.8 Å². The van der Waals surface area contributed by atoms with E-state index in [9.17, 15) is 18.3 Å². The highest BCUT2D eigenvalue weighted by molar-refractivity contribution is 7.88. The number of nitrogens with zero attached hydrogens (tertiary/aromatic N) is 3. The zero-order valence-corrected chi connectivity index (χ0v) is 16.1. The zero-order valence-electron chi connectivity index (χ0n) is 15.3. The fourth-order valence-electron chi connectivity index (χ4n) is 3.48. The molecule has 0 aromatic carbocycles. The molecule has 0 aliphatic carbocycles. The lowest BCUT2D eigenvalue weighted by Gasteiger charge is -2.30. The molecule has 3 aromatic rings. The molecule has 4 heterocycles. The summed E-state index contributed by atoms with van der Waals surface area (Å²) in [5, 5.41) is 17.2. The third kappa shape index (κ3) is 3.38. The Morgan fingerprint density at radius 3 is 2.71 bits per heavy atom. The van der Waals surface area contributed by atoms with Gasteiger partial charge < -0.3 is 14.5 Å². The van der Waals surface area contributed by atoms with Crippen molar-refractivity contribution < 1.29 is 17.9 Å². The fourth-order valence-corrected chi connectivity index (χ4v) is 5.00. The summed E-state index contributed by atoms with van der Waals surface area (Å²) in [6.45, 7) is 0.722. The van der Waals surface area contributed by atoms with Gasteiger partial charge in [-0.2, -0.15) is 5.10 Å². The number of aromatic amines is 2. The number of rotatable bonds is 5. The lowest BCUT2D eigenvalue weighted by atomic mass is 9.94. The van der Waals surface area contributed by atoms with Crippen molar-refractivity contribution in [1.29, 1.82) is 0 Å². The first kappa shape index (κ1) is 18.6. The molecule has 0 saturated carbocycles. The second-order valence-corrected chi connectivity index (χ2v) is 8.88. The number of piperidine rings is 1. The van der Waals surface area contributed by atoms with E-state index in [0.29, 0.717) is 31.7 Å². The minimum absolute atomic E-state index is 0.00582. The Labute approximate surface area is 160 Å². The summed E-state index contributed by atoms with van der Waals surface area (Å²) in [5.41, 5.74) is 1.13. The Morgan fingerprint density at radius 1 is 1.36 bits per heavy atom. The summed E-state index contributed by atoms with van der Waals surface area (Å²) in [4.78, 5) is 13.9. The van der Waals surface area contributed by atoms with Gasteiger partial charge in [0.2, 0.25) is 15.9 Å². The number of hydrogen-bond donors (Lipinski definition) is 3. The smallest absolute Gasteiger partial charge is 0.328 e. The van der Waals surface area contributed by atoms with Gasteiger partial charge in [0.05, 0.1) is 12.0 Å². The van der Waals surface area contributed by atoms with Crippen molar-refractivity contribution in [3.05, 3.63) is 46.3 Å². The van der Waals surface area contributed by atoms with Crippen LogP contribution in [0.4, 0.5) is 0 Å². The molecular formula is C17H21N5O5S. The van der Waals surface area contributed by atoms with Crippen molar-refractivity contribution >= 4 is 10.0 Å². The van der Waals surface area contributed by atoms with Gasteiger partial charge in [0.25, 0.3) is 0 Å². The normalized spacial score (nSPS) is 16.6. The Hall–Kier alpha value is -2.79. The van der Waals surface area contributed by atoms with Crippen LogP contribution in [-0.4, -0.2) is 50.7 Å². The van der Waals surface area contributed by atoms with Crippen LogP contribution >= 0.6 is 0 Å². The monoisotopic (exact) mass is 407 g/mol. The summed E-state index contributed by atoms with van der Waals surface area (Å²) >= 11 is 0. The molecule has 0 atom stereocenters. The van der Waals surface area contributed by atoms with E-state index in [4.69, 9.17) is 4.42 Å². The van der Waals surface area contributed by atoms with Crippen molar-refractivity contribution in [3.8, 4) is 17.3 Å². The van der Waals surface area contributed by atoms with Gasteiger partial charge in [0.15, 0.2) is 5.76 Å². The molecule has 1 aliphatic heterocycles. The molecule has 3 N–H and O–H groups in total. The molecule has 1 aliphatic rings. The summed E-state index contributed by atoms with van der Waals surface area (Å²) in [7, 11) is -2.28. The molecule has 10 nitrogen and oxygen atoms in total. The molecule has 11 heteroatoms. The SMILES string of the molecule is Cn1c(O)c(CS(=O)(=O)N2CCC(c3cc(-c4ccco4)n[nH]3)CC2)[nH]c1=O. The average Bonchev–Trinajstić information content (AvgIpc) is 3.41. The molecule has 1 fully saturated rings. The van der Waals surface area contributed by atoms with Crippen molar-refractivity contribution in [2.45, 2.75) is 24.5 Å². The topological polar surface area (TPSA) is 137 Å². The van der Waals surface area contributed by atoms with Gasteiger partial charge in [0.1, 0.15) is 11.4 Å². The van der Waals surface area contributed by atoms with E-state index in [-0.39, 0.29) is 17.5 Å². The predicted molar refractivity (Wildman–Crippen MR) is 100 cm³/mol. The molecule has 4 rings (SSSR count). The average molecular weight is 407 g/mol. The predicted octanol–water partition coefficient (Wildman–Crippen LogP) is 1.11. The Bertz CT molecular complexity index is 1120. The van der Waals surface area contributed by atoms with Crippen LogP contribution in [0.15, 0.2) is 33.7 Å². The summed E-state index contributed by atoms with van der Waals surface area (Å²) < 4.78 is 33.1. The first-order valence-corrected chi connectivity index (χ1v) is 10.5. The molecule has 0 bridgehead atoms. The van der Waals surface area contributed by atoms with Crippen molar-refractivity contribution in [2.24, 2.45) is 7.05 Å². The van der Waals surface area contributed by atoms with E-state index >= 15 is 0 Å². The van der Waals surface area contributed by atoms with Crippen LogP contribution < -0.4 is 5.69 Å². The molecule has 150 valence electrons. The summed E-state index contributed by atoms with van der Waals surface area (Å²) in [6, 6.07) is 5.56. The highest BCUT2D eigenvalue weighted by atomic mass is 32.2. The van der Waals surface area contributed by atoms with Crippen LogP contribution in [0.25, 0.3) is 11.5 Å². The van der Waals surface area contributed by atoms with E-state index in [1.807, 2.05) is 12.1 Å². The highest BCUT2D eigenvalue weighted by Crippen LogP contribution is 2.31. The highest BCUT2D eigenvalue weighted by Gasteiger charge is 2.31. The molecule has 0 radical (unpaired) electrons. The molecule has 3 aromatic heterocycles. The van der Waals surface area contributed by atoms with Crippen LogP contribution in [0.2, 0.25) is 0 Å². The van der Waals surface area contributed by atoms with Gasteiger partial charge >= 0.3 is 5.69 Å². The number of furan rings is 1. The second-order valence-electron chi connectivity index (χ2n) is 6.91. The van der Waals surface area contributed by atoms with E-state index in [2.05, 4.69) is 15.2 Å². The maximum absolute atomic E-state index is 12.7. The van der Waals surface area contributed by atoms with Crippen LogP contribution in [0.5, 0.6) is 5.88 Å². The van der Waals surface area contributed by atoms with Gasteiger partial charge in [-0.25, -0.2) is 17.5 Å². The van der Waals surface area contributed by atoms with Crippen LogP contribution in [0, 0.1) is 0 Å². The van der Waals surface area contributed by atoms with Gasteiger partial charge in [-0.3, -0.25) is 9.67 Å². The maximum Gasteiger partial charge on any atom is 0.328 e. The Kier molecular flexibility index (Phi) is 4.63. The third-order valence-electron chi connectivity index (χ3n) is 5.14. The van der Waals surface area contributed by atoms with Gasteiger partial charge in [-0.15, -0.1) is 0 Å². The van der Waals surface area contributed by atoms with Crippen LogP contribution in [0.3, 0.4) is 0 Å². The molecule has 28 heavy (non-hydrogen) atoms. The second kappa shape index (κ2) is 6.99. The number of H-pyrrole nitrogens is 2. The number of hydrogen-bond acceptors (Lipinski definition) is 6. The number of aromatic hydroxyl groups is 1. The van der Waals surface area contributed by atoms with Gasteiger partial charge in [-0.1, -0.05) is 0 Å². The minimum Gasteiger partial charge on any atom is -0.493 e. The molecule has 0 unspecified atom stereocenters. The Morgan fingerprint density at radius 2 is 2.11 bits per heavy atom. The first-order valence-electron chi connectivity index (χ1n) is 8.89. The molecule has 1 saturated heterocycles. The summed E-state index contributed by atoms with van der Waals surface area (Å²) in [6.07, 6.45) is 2.89. The Balaban J connectivity index is 1.42. The maximum atomic E-state index is 12.7. The number of nitrogens with one attached hydrogen (secondary N) is 2. The first-order chi connectivity index (χ1) is 13.3. The number of sulfonamides is 1. The third-order valence-corrected chi connectivity index (χ3v) is 6.94. The van der Waals surface area contributed by atoms with Crippen molar-refractivity contribution in [1.82, 2.24) is 24.1 Å². The largest absolute Gasteiger partial charge is 0.493 e. The quantitative estimate of drug-likeness (QED) is 0.579. The fraction of sp³-hybridized carbons (Fsp3) is 0.412. The standard InChI is InChI=1S/C17H21N5O5S/c1-21-16(23)14(18-17(21)24)10-28(25,26)22-6-4-11(5-7-22)12-9-13(20-19-12)15-3-2-8-27-15/h2-3,8-9,11,23H,4-7,10H2,1H3,(H,18,24)(H,19,20). The van der Waals surface area contributed by atoms with E-state index in [0.717, 1.165) is 16.0 Å². The lowest BCUT2D eigenvalue weighted by molar-refractivity contribution is 0.316. The van der Waals surface area contributed by atoms with E-state index in [1.54, 1.807) is 12.3 Å². The molecular weight excluding hydrogens is 386 g/mol. The molecule has 0 spiro atoms. The summed E-state index contributed by atoms with van der Waals surface area (Å²) in [5.74, 6) is 0.0601. The van der Waals surface area contributed by atoms with Gasteiger partial charge in [0, 0.05) is 31.7 Å². The van der Waals surface area contributed by atoms with E-state index < -0.39 is 21.5 Å². The van der Waals surface area contributed by atoms with E-state index in [1.165, 1.54) is 11.4 Å². The number of imidazole rings is 1. The van der Waals surface area contributed by atoms with Gasteiger partial charge in [-0.05, 0) is 31.0 Å². The minimum atomic E-state index is -3.65. The zero-order chi connectivity index (χ0) is 19.9.